The van der Waals surface area contributed by atoms with Gasteiger partial charge in [0.25, 0.3) is 0 Å². The Bertz CT molecular complexity index is 639. The van der Waals surface area contributed by atoms with Crippen LogP contribution in [-0.4, -0.2) is 39.1 Å². The molecule has 1 atom stereocenters. The number of hydrogen-bond acceptors (Lipinski definition) is 4. The van der Waals surface area contributed by atoms with Crippen molar-refractivity contribution >= 4 is 28.7 Å². The molecule has 0 radical (unpaired) electrons. The van der Waals surface area contributed by atoms with Crippen molar-refractivity contribution in [3.8, 4) is 0 Å². The first-order chi connectivity index (χ1) is 10.0. The Hall–Kier alpha value is -1.53. The van der Waals surface area contributed by atoms with E-state index in [4.69, 9.17) is 0 Å². The molecule has 0 saturated heterocycles. The summed E-state index contributed by atoms with van der Waals surface area (Å²) < 4.78 is 0. The maximum Gasteiger partial charge on any atom is 0.249 e. The molecule has 1 amide bonds. The largest absolute Gasteiger partial charge is 0.383 e. The number of hydrogen-bond donors (Lipinski definition) is 3. The molecule has 3 N–H and O–H groups in total. The van der Waals surface area contributed by atoms with Crippen molar-refractivity contribution in [3.05, 3.63) is 29.1 Å². The fraction of sp³-hybridized carbons (Fsp3) is 0.467. The minimum atomic E-state index is -0.953. The van der Waals surface area contributed by atoms with E-state index >= 15 is 0 Å². The molecule has 0 saturated carbocycles. The summed E-state index contributed by atoms with van der Waals surface area (Å²) in [5.41, 5.74) is 4.23. The number of nitrogens with zero attached hydrogens (tertiary/aromatic N) is 1. The molecule has 0 fully saturated rings. The second-order valence-electron chi connectivity index (χ2n) is 5.10. The number of fused-ring (bicyclic) bond motifs is 1. The number of nitrogens with one attached hydrogen (secondary N) is 2. The Labute approximate surface area is 128 Å². The molecule has 0 aliphatic heterocycles. The van der Waals surface area contributed by atoms with E-state index in [0.29, 0.717) is 18.8 Å². The van der Waals surface area contributed by atoms with Crippen molar-refractivity contribution in [1.29, 1.82) is 0 Å². The molecule has 1 heterocycles. The van der Waals surface area contributed by atoms with Gasteiger partial charge in [0, 0.05) is 0 Å². The fourth-order valence-electron chi connectivity index (χ4n) is 2.10. The van der Waals surface area contributed by atoms with Crippen LogP contribution in [-0.2, 0) is 11.3 Å². The SMILES string of the molecule is CSCC[C@@H](O)C(=O)NCc1nc2c(C)c(C)ccc2[nH]1. The van der Waals surface area contributed by atoms with Gasteiger partial charge >= 0.3 is 0 Å². The molecule has 0 aliphatic rings. The number of aromatic amines is 1. The summed E-state index contributed by atoms with van der Waals surface area (Å²) in [4.78, 5) is 19.4. The lowest BCUT2D eigenvalue weighted by Crippen LogP contribution is -2.34. The Morgan fingerprint density at radius 2 is 2.24 bits per heavy atom. The summed E-state index contributed by atoms with van der Waals surface area (Å²) in [6.45, 7) is 4.38. The third-order valence-corrected chi connectivity index (χ3v) is 4.20. The predicted octanol–water partition coefficient (Wildman–Crippen LogP) is 1.91. The highest BCUT2D eigenvalue weighted by Gasteiger charge is 2.15. The van der Waals surface area contributed by atoms with Crippen molar-refractivity contribution in [2.24, 2.45) is 0 Å². The van der Waals surface area contributed by atoms with E-state index in [-0.39, 0.29) is 5.91 Å². The number of imidazole rings is 1. The summed E-state index contributed by atoms with van der Waals surface area (Å²) >= 11 is 1.61. The predicted molar refractivity (Wildman–Crippen MR) is 86.4 cm³/mol. The van der Waals surface area contributed by atoms with E-state index in [1.54, 1.807) is 11.8 Å². The van der Waals surface area contributed by atoms with Crippen molar-refractivity contribution in [2.45, 2.75) is 32.9 Å². The topological polar surface area (TPSA) is 78.0 Å². The highest BCUT2D eigenvalue weighted by Crippen LogP contribution is 2.19. The number of carbonyl (C=O) groups excluding carboxylic acids is 1. The molecule has 2 rings (SSSR count). The zero-order valence-corrected chi connectivity index (χ0v) is 13.4. The zero-order chi connectivity index (χ0) is 15.4. The molecule has 21 heavy (non-hydrogen) atoms. The summed E-state index contributed by atoms with van der Waals surface area (Å²) in [7, 11) is 0. The number of aromatic nitrogens is 2. The van der Waals surface area contributed by atoms with Crippen LogP contribution in [0.4, 0.5) is 0 Å². The van der Waals surface area contributed by atoms with Crippen LogP contribution in [0.1, 0.15) is 23.4 Å². The summed E-state index contributed by atoms with van der Waals surface area (Å²) in [6, 6.07) is 4.04. The molecule has 1 aromatic heterocycles. The maximum absolute atomic E-state index is 11.7. The lowest BCUT2D eigenvalue weighted by atomic mass is 10.1. The van der Waals surface area contributed by atoms with Crippen LogP contribution in [0.2, 0.25) is 0 Å². The van der Waals surface area contributed by atoms with Crippen molar-refractivity contribution in [3.63, 3.8) is 0 Å². The molecule has 6 heteroatoms. The van der Waals surface area contributed by atoms with Crippen LogP contribution in [0.25, 0.3) is 11.0 Å². The van der Waals surface area contributed by atoms with Gasteiger partial charge in [-0.2, -0.15) is 11.8 Å². The number of benzene rings is 1. The fourth-order valence-corrected chi connectivity index (χ4v) is 2.56. The first-order valence-electron chi connectivity index (χ1n) is 6.92. The van der Waals surface area contributed by atoms with Crippen LogP contribution in [0.3, 0.4) is 0 Å². The number of carbonyl (C=O) groups is 1. The van der Waals surface area contributed by atoms with Gasteiger partial charge in [0.1, 0.15) is 11.9 Å². The van der Waals surface area contributed by atoms with Gasteiger partial charge in [-0.05, 0) is 49.5 Å². The monoisotopic (exact) mass is 307 g/mol. The lowest BCUT2D eigenvalue weighted by Gasteiger charge is -2.09. The first kappa shape index (κ1) is 15.9. The molecule has 5 nitrogen and oxygen atoms in total. The Morgan fingerprint density at radius 1 is 1.48 bits per heavy atom. The van der Waals surface area contributed by atoms with Gasteiger partial charge in [-0.25, -0.2) is 4.98 Å². The Kier molecular flexibility index (Phi) is 5.25. The number of amides is 1. The molecule has 1 aromatic carbocycles. The maximum atomic E-state index is 11.7. The molecule has 0 aliphatic carbocycles. The molecular weight excluding hydrogens is 286 g/mol. The van der Waals surface area contributed by atoms with E-state index in [9.17, 15) is 9.90 Å². The number of aliphatic hydroxyl groups excluding tert-OH is 1. The second kappa shape index (κ2) is 6.95. The molecule has 0 unspecified atom stereocenters. The standard InChI is InChI=1S/C15H21N3O2S/c1-9-4-5-11-14(10(9)2)18-13(17-11)8-16-15(20)12(19)6-7-21-3/h4-5,12,19H,6-8H2,1-3H3,(H,16,20)(H,17,18)/t12-/m1/s1. The third-order valence-electron chi connectivity index (χ3n) is 3.56. The number of thioether (sulfide) groups is 1. The van der Waals surface area contributed by atoms with Gasteiger partial charge in [-0.15, -0.1) is 0 Å². The van der Waals surface area contributed by atoms with Crippen LogP contribution in [0.5, 0.6) is 0 Å². The molecule has 2 aromatic rings. The van der Waals surface area contributed by atoms with Crippen LogP contribution >= 0.6 is 11.8 Å². The van der Waals surface area contributed by atoms with Gasteiger partial charge in [-0.1, -0.05) is 6.07 Å². The normalized spacial score (nSPS) is 12.6. The molecule has 0 bridgehead atoms. The van der Waals surface area contributed by atoms with Crippen LogP contribution in [0, 0.1) is 13.8 Å². The summed E-state index contributed by atoms with van der Waals surface area (Å²) in [5.74, 6) is 1.11. The van der Waals surface area contributed by atoms with Gasteiger partial charge < -0.3 is 15.4 Å². The zero-order valence-electron chi connectivity index (χ0n) is 12.6. The third kappa shape index (κ3) is 3.77. The van der Waals surface area contributed by atoms with Crippen molar-refractivity contribution in [2.75, 3.05) is 12.0 Å². The van der Waals surface area contributed by atoms with Gasteiger partial charge in [0.2, 0.25) is 5.91 Å². The Morgan fingerprint density at radius 3 is 2.95 bits per heavy atom. The first-order valence-corrected chi connectivity index (χ1v) is 8.32. The molecule has 0 spiro atoms. The second-order valence-corrected chi connectivity index (χ2v) is 6.09. The quantitative estimate of drug-likeness (QED) is 0.762. The molecule has 114 valence electrons. The van der Waals surface area contributed by atoms with Crippen LogP contribution < -0.4 is 5.32 Å². The summed E-state index contributed by atoms with van der Waals surface area (Å²) in [6.07, 6.45) is 1.46. The van der Waals surface area contributed by atoms with E-state index < -0.39 is 6.10 Å². The minimum absolute atomic E-state index is 0.294. The number of H-pyrrole nitrogens is 1. The van der Waals surface area contributed by atoms with E-state index in [1.165, 1.54) is 5.56 Å². The van der Waals surface area contributed by atoms with Crippen molar-refractivity contribution in [1.82, 2.24) is 15.3 Å². The van der Waals surface area contributed by atoms with Gasteiger partial charge in [-0.3, -0.25) is 4.79 Å². The average molecular weight is 307 g/mol. The number of aryl methyl sites for hydroxylation is 2. The van der Waals surface area contributed by atoms with E-state index in [0.717, 1.165) is 22.3 Å². The smallest absolute Gasteiger partial charge is 0.249 e. The lowest BCUT2D eigenvalue weighted by molar-refractivity contribution is -0.129. The average Bonchev–Trinajstić information content (AvgIpc) is 2.90. The highest BCUT2D eigenvalue weighted by atomic mass is 32.2. The van der Waals surface area contributed by atoms with E-state index in [1.807, 2.05) is 32.2 Å². The van der Waals surface area contributed by atoms with E-state index in [2.05, 4.69) is 15.3 Å². The van der Waals surface area contributed by atoms with Crippen molar-refractivity contribution < 1.29 is 9.90 Å². The number of rotatable bonds is 6. The minimum Gasteiger partial charge on any atom is -0.383 e. The van der Waals surface area contributed by atoms with Gasteiger partial charge in [0.15, 0.2) is 0 Å². The highest BCUT2D eigenvalue weighted by molar-refractivity contribution is 7.98. The summed E-state index contributed by atoms with van der Waals surface area (Å²) in [5, 5.41) is 12.4. The van der Waals surface area contributed by atoms with Gasteiger partial charge in [0.05, 0.1) is 17.6 Å². The Balaban J connectivity index is 2.01. The molecular formula is C15H21N3O2S. The van der Waals surface area contributed by atoms with Crippen LogP contribution in [0.15, 0.2) is 12.1 Å². The number of aliphatic hydroxyl groups is 1.